The number of carboxylic acid groups (broad SMARTS) is 1. The molecule has 3 N–H and O–H groups in total. The third-order valence-corrected chi connectivity index (χ3v) is 6.58. The molecule has 0 spiro atoms. The zero-order valence-corrected chi connectivity index (χ0v) is 20.6. The van der Waals surface area contributed by atoms with Crippen molar-refractivity contribution in [1.29, 1.82) is 0 Å². The lowest BCUT2D eigenvalue weighted by molar-refractivity contribution is -0.143. The van der Waals surface area contributed by atoms with Gasteiger partial charge in [0, 0.05) is 25.4 Å². The van der Waals surface area contributed by atoms with Crippen LogP contribution in [0, 0.1) is 11.8 Å². The first-order valence-corrected chi connectivity index (χ1v) is 12.5. The molecule has 0 saturated heterocycles. The topological polar surface area (TPSA) is 105 Å². The Morgan fingerprint density at radius 3 is 2.09 bits per heavy atom. The minimum absolute atomic E-state index is 0.0308. The number of carboxylic acids is 1. The first-order valence-electron chi connectivity index (χ1n) is 12.5. The van der Waals surface area contributed by atoms with Gasteiger partial charge in [-0.25, -0.2) is 4.79 Å². The van der Waals surface area contributed by atoms with Crippen molar-refractivity contribution < 1.29 is 24.2 Å². The zero-order valence-electron chi connectivity index (χ0n) is 20.6. The average molecular weight is 481 g/mol. The summed E-state index contributed by atoms with van der Waals surface area (Å²) in [6.45, 7) is 4.66. The van der Waals surface area contributed by atoms with Crippen molar-refractivity contribution in [2.24, 2.45) is 11.8 Å². The van der Waals surface area contributed by atoms with Crippen molar-refractivity contribution in [3.63, 3.8) is 0 Å². The molecule has 2 aromatic rings. The summed E-state index contributed by atoms with van der Waals surface area (Å²) in [5.41, 5.74) is 4.78. The normalized spacial score (nSPS) is 13.1. The molecule has 0 fully saturated rings. The van der Waals surface area contributed by atoms with Gasteiger partial charge in [-0.2, -0.15) is 0 Å². The molecule has 1 aliphatic rings. The van der Waals surface area contributed by atoms with Gasteiger partial charge in [0.15, 0.2) is 0 Å². The fourth-order valence-corrected chi connectivity index (χ4v) is 4.52. The summed E-state index contributed by atoms with van der Waals surface area (Å²) in [5, 5.41) is 14.7. The Morgan fingerprint density at radius 1 is 0.886 bits per heavy atom. The fraction of sp³-hybridized carbons (Fsp3) is 0.464. The number of rotatable bonds is 13. The Bertz CT molecular complexity index is 974. The Kier molecular flexibility index (Phi) is 9.70. The van der Waals surface area contributed by atoms with Crippen LogP contribution in [0.5, 0.6) is 0 Å². The number of hydrogen-bond donors (Lipinski definition) is 3. The number of nitrogens with one attached hydrogen (secondary N) is 2. The molecule has 0 radical (unpaired) electrons. The molecule has 0 aliphatic heterocycles. The summed E-state index contributed by atoms with van der Waals surface area (Å²) < 4.78 is 5.53. The van der Waals surface area contributed by atoms with Crippen LogP contribution in [0.4, 0.5) is 4.79 Å². The number of hydrogen-bond acceptors (Lipinski definition) is 4. The molecular formula is C28H36N2O5. The number of fused-ring (bicyclic) bond motifs is 3. The predicted octanol–water partition coefficient (Wildman–Crippen LogP) is 4.95. The highest BCUT2D eigenvalue weighted by atomic mass is 16.5. The molecule has 3 rings (SSSR count). The van der Waals surface area contributed by atoms with Crippen LogP contribution in [-0.4, -0.2) is 42.8 Å². The van der Waals surface area contributed by atoms with Crippen molar-refractivity contribution in [1.82, 2.24) is 10.6 Å². The van der Waals surface area contributed by atoms with E-state index in [1.54, 1.807) is 0 Å². The summed E-state index contributed by atoms with van der Waals surface area (Å²) in [6.07, 6.45) is 3.26. The van der Waals surface area contributed by atoms with E-state index in [2.05, 4.69) is 34.9 Å². The predicted molar refractivity (Wildman–Crippen MR) is 135 cm³/mol. The molecule has 2 aromatic carbocycles. The molecule has 0 aromatic heterocycles. The van der Waals surface area contributed by atoms with Crippen molar-refractivity contribution >= 4 is 18.0 Å². The third-order valence-electron chi connectivity index (χ3n) is 6.58. The largest absolute Gasteiger partial charge is 0.481 e. The van der Waals surface area contributed by atoms with Gasteiger partial charge in [0.05, 0.1) is 5.92 Å². The second-order valence-electron chi connectivity index (χ2n) is 9.41. The minimum Gasteiger partial charge on any atom is -0.481 e. The van der Waals surface area contributed by atoms with Crippen molar-refractivity contribution in [2.75, 3.05) is 19.7 Å². The van der Waals surface area contributed by atoms with Crippen molar-refractivity contribution in [2.45, 2.75) is 51.9 Å². The molecule has 35 heavy (non-hydrogen) atoms. The summed E-state index contributed by atoms with van der Waals surface area (Å²) in [6, 6.07) is 16.5. The summed E-state index contributed by atoms with van der Waals surface area (Å²) in [4.78, 5) is 35.3. The molecule has 1 aliphatic carbocycles. The van der Waals surface area contributed by atoms with E-state index >= 15 is 0 Å². The average Bonchev–Trinajstić information content (AvgIpc) is 3.15. The Morgan fingerprint density at radius 2 is 1.49 bits per heavy atom. The van der Waals surface area contributed by atoms with E-state index in [1.165, 1.54) is 22.3 Å². The van der Waals surface area contributed by atoms with E-state index in [-0.39, 0.29) is 24.3 Å². The molecule has 0 heterocycles. The maximum absolute atomic E-state index is 12.2. The van der Waals surface area contributed by atoms with Gasteiger partial charge in [0.2, 0.25) is 5.91 Å². The lowest BCUT2D eigenvalue weighted by Gasteiger charge is -2.16. The van der Waals surface area contributed by atoms with E-state index in [0.717, 1.165) is 25.7 Å². The molecule has 7 nitrogen and oxygen atoms in total. The van der Waals surface area contributed by atoms with Crippen LogP contribution in [0.25, 0.3) is 11.1 Å². The highest BCUT2D eigenvalue weighted by Gasteiger charge is 2.29. The number of benzene rings is 2. The second-order valence-corrected chi connectivity index (χ2v) is 9.41. The van der Waals surface area contributed by atoms with Crippen molar-refractivity contribution in [3.8, 4) is 11.1 Å². The van der Waals surface area contributed by atoms with Gasteiger partial charge < -0.3 is 20.5 Å². The van der Waals surface area contributed by atoms with Crippen LogP contribution in [0.2, 0.25) is 0 Å². The number of carbonyl (C=O) groups is 3. The van der Waals surface area contributed by atoms with Gasteiger partial charge in [0.1, 0.15) is 6.61 Å². The number of amides is 2. The highest BCUT2D eigenvalue weighted by Crippen LogP contribution is 2.44. The Hall–Kier alpha value is -3.35. The van der Waals surface area contributed by atoms with Crippen LogP contribution in [-0.2, 0) is 14.3 Å². The molecule has 1 atom stereocenters. The van der Waals surface area contributed by atoms with Crippen LogP contribution in [0.3, 0.4) is 0 Å². The van der Waals surface area contributed by atoms with Gasteiger partial charge >= 0.3 is 12.1 Å². The lowest BCUT2D eigenvalue weighted by Crippen LogP contribution is -2.35. The third kappa shape index (κ3) is 7.31. The number of unbranched alkanes of at least 4 members (excludes halogenated alkanes) is 3. The van der Waals surface area contributed by atoms with Crippen LogP contribution in [0.1, 0.15) is 63.0 Å². The van der Waals surface area contributed by atoms with Crippen LogP contribution < -0.4 is 10.6 Å². The summed E-state index contributed by atoms with van der Waals surface area (Å²) in [7, 11) is 0. The quantitative estimate of drug-likeness (QED) is 0.352. The second kappa shape index (κ2) is 12.9. The molecule has 188 valence electrons. The van der Waals surface area contributed by atoms with E-state index in [4.69, 9.17) is 9.84 Å². The van der Waals surface area contributed by atoms with Gasteiger partial charge in [-0.1, -0.05) is 75.2 Å². The lowest BCUT2D eigenvalue weighted by atomic mass is 9.96. The molecular weight excluding hydrogens is 444 g/mol. The maximum Gasteiger partial charge on any atom is 0.407 e. The fourth-order valence-electron chi connectivity index (χ4n) is 4.52. The molecule has 0 bridgehead atoms. The number of aliphatic carboxylic acids is 1. The van der Waals surface area contributed by atoms with E-state index in [1.807, 2.05) is 38.1 Å². The monoisotopic (exact) mass is 480 g/mol. The van der Waals surface area contributed by atoms with E-state index in [0.29, 0.717) is 19.6 Å². The van der Waals surface area contributed by atoms with Crippen LogP contribution >= 0.6 is 0 Å². The highest BCUT2D eigenvalue weighted by molar-refractivity contribution is 5.79. The molecule has 2 amide bonds. The Balaban J connectivity index is 1.28. The summed E-state index contributed by atoms with van der Waals surface area (Å²) >= 11 is 0. The smallest absolute Gasteiger partial charge is 0.407 e. The minimum atomic E-state index is -0.885. The first kappa shape index (κ1) is 26.3. The Labute approximate surface area is 207 Å². The van der Waals surface area contributed by atoms with Crippen LogP contribution in [0.15, 0.2) is 48.5 Å². The van der Waals surface area contributed by atoms with Gasteiger partial charge in [-0.3, -0.25) is 9.59 Å². The van der Waals surface area contributed by atoms with E-state index in [9.17, 15) is 14.4 Å². The zero-order chi connectivity index (χ0) is 25.2. The SMILES string of the molecule is CC(C)C(CNC(=O)CCCCCCNC(=O)OCC1c2ccccc2-c2ccccc21)C(=O)O. The molecule has 1 unspecified atom stereocenters. The molecule has 7 heteroatoms. The summed E-state index contributed by atoms with van der Waals surface area (Å²) in [5.74, 6) is -1.55. The van der Waals surface area contributed by atoms with Gasteiger partial charge in [-0.05, 0) is 41.0 Å². The van der Waals surface area contributed by atoms with Gasteiger partial charge in [0.25, 0.3) is 0 Å². The van der Waals surface area contributed by atoms with E-state index < -0.39 is 18.0 Å². The van der Waals surface area contributed by atoms with Gasteiger partial charge in [-0.15, -0.1) is 0 Å². The molecule has 0 saturated carbocycles. The number of carbonyl (C=O) groups excluding carboxylic acids is 2. The number of ether oxygens (including phenoxy) is 1. The first-order chi connectivity index (χ1) is 16.9. The van der Waals surface area contributed by atoms with Crippen molar-refractivity contribution in [3.05, 3.63) is 59.7 Å². The maximum atomic E-state index is 12.2. The standard InChI is InChI=1S/C28H36N2O5/c1-19(2)24(27(32)33)17-30-26(31)15-5-3-4-10-16-29-28(34)35-18-25-22-13-8-6-11-20(22)21-12-7-9-14-23(21)25/h6-9,11-14,19,24-25H,3-5,10,15-18H2,1-2H3,(H,29,34)(H,30,31)(H,32,33). The number of alkyl carbamates (subject to hydrolysis) is 1.